The van der Waals surface area contributed by atoms with Gasteiger partial charge in [0.05, 0.1) is 11.5 Å². The van der Waals surface area contributed by atoms with E-state index in [4.69, 9.17) is 4.84 Å². The van der Waals surface area contributed by atoms with Crippen LogP contribution in [0.3, 0.4) is 0 Å². The van der Waals surface area contributed by atoms with Gasteiger partial charge in [0, 0.05) is 6.07 Å². The number of nitrogens with zero attached hydrogens (tertiary/aromatic N) is 1. The van der Waals surface area contributed by atoms with Crippen molar-refractivity contribution >= 4 is 11.6 Å². The van der Waals surface area contributed by atoms with Crippen LogP contribution in [0.25, 0.3) is 0 Å². The zero-order valence-corrected chi connectivity index (χ0v) is 9.02. The lowest BCUT2D eigenvalue weighted by Crippen LogP contribution is -2.25. The number of carbonyl (C=O) groups excluding carboxylic acids is 1. The lowest BCUT2D eigenvalue weighted by molar-refractivity contribution is -0.385. The molecule has 0 radical (unpaired) electrons. The van der Waals surface area contributed by atoms with Gasteiger partial charge in [-0.1, -0.05) is 12.1 Å². The molecule has 6 heteroatoms. The number of nitro benzene ring substituents is 1. The summed E-state index contributed by atoms with van der Waals surface area (Å²) in [4.78, 5) is 26.5. The average Bonchev–Trinajstić information content (AvgIpc) is 2.25. The van der Waals surface area contributed by atoms with Crippen LogP contribution in [0.15, 0.2) is 18.2 Å². The maximum Gasteiger partial charge on any atom is 0.282 e. The fourth-order valence-electron chi connectivity index (χ4n) is 1.29. The second-order valence-electron chi connectivity index (χ2n) is 3.09. The van der Waals surface area contributed by atoms with E-state index in [-0.39, 0.29) is 11.3 Å². The first-order valence-electron chi connectivity index (χ1n) is 4.74. The fourth-order valence-corrected chi connectivity index (χ4v) is 1.29. The summed E-state index contributed by atoms with van der Waals surface area (Å²) in [5.74, 6) is -0.605. The first-order valence-corrected chi connectivity index (χ1v) is 4.74. The standard InChI is InChI=1S/C10H12N2O4/c1-3-16-11-10(13)9-7(2)5-4-6-8(9)12(14)15/h4-6H,3H2,1-2H3,(H,11,13). The van der Waals surface area contributed by atoms with E-state index in [9.17, 15) is 14.9 Å². The Bertz CT molecular complexity index is 417. The highest BCUT2D eigenvalue weighted by Crippen LogP contribution is 2.21. The molecule has 16 heavy (non-hydrogen) atoms. The summed E-state index contributed by atoms with van der Waals surface area (Å²) in [6.45, 7) is 3.63. The fraction of sp³-hybridized carbons (Fsp3) is 0.300. The van der Waals surface area contributed by atoms with Crippen LogP contribution in [0, 0.1) is 17.0 Å². The second kappa shape index (κ2) is 5.22. The minimum Gasteiger partial charge on any atom is -0.274 e. The lowest BCUT2D eigenvalue weighted by Gasteiger charge is -2.06. The number of amides is 1. The molecule has 1 amide bonds. The van der Waals surface area contributed by atoms with Crippen LogP contribution in [0.2, 0.25) is 0 Å². The summed E-state index contributed by atoms with van der Waals surface area (Å²) in [5.41, 5.74) is 2.48. The van der Waals surface area contributed by atoms with Gasteiger partial charge in [0.1, 0.15) is 5.56 Å². The first-order chi connectivity index (χ1) is 7.57. The number of hydroxylamine groups is 1. The highest BCUT2D eigenvalue weighted by Gasteiger charge is 2.21. The molecule has 0 saturated carbocycles. The normalized spacial score (nSPS) is 9.88. The Morgan fingerprint density at radius 3 is 2.81 bits per heavy atom. The average molecular weight is 224 g/mol. The Morgan fingerprint density at radius 2 is 2.25 bits per heavy atom. The third-order valence-electron chi connectivity index (χ3n) is 1.98. The van der Waals surface area contributed by atoms with Gasteiger partial charge in [-0.25, -0.2) is 5.48 Å². The molecule has 0 aromatic heterocycles. The molecule has 0 aliphatic rings. The van der Waals surface area contributed by atoms with Crippen LogP contribution >= 0.6 is 0 Å². The number of nitrogens with one attached hydrogen (secondary N) is 1. The van der Waals surface area contributed by atoms with Crippen LogP contribution in [-0.4, -0.2) is 17.4 Å². The lowest BCUT2D eigenvalue weighted by atomic mass is 10.1. The predicted molar refractivity (Wildman–Crippen MR) is 56.9 cm³/mol. The van der Waals surface area contributed by atoms with Gasteiger partial charge in [0.15, 0.2) is 0 Å². The molecular weight excluding hydrogens is 212 g/mol. The minimum atomic E-state index is -0.605. The number of aryl methyl sites for hydroxylation is 1. The Morgan fingerprint density at radius 1 is 1.56 bits per heavy atom. The molecule has 0 heterocycles. The van der Waals surface area contributed by atoms with E-state index in [0.29, 0.717) is 12.2 Å². The summed E-state index contributed by atoms with van der Waals surface area (Å²) >= 11 is 0. The summed E-state index contributed by atoms with van der Waals surface area (Å²) in [6.07, 6.45) is 0. The molecular formula is C10H12N2O4. The van der Waals surface area contributed by atoms with Crippen molar-refractivity contribution in [3.63, 3.8) is 0 Å². The second-order valence-corrected chi connectivity index (χ2v) is 3.09. The number of hydrogen-bond donors (Lipinski definition) is 1. The van der Waals surface area contributed by atoms with Crippen LogP contribution < -0.4 is 5.48 Å². The van der Waals surface area contributed by atoms with E-state index in [2.05, 4.69) is 5.48 Å². The molecule has 1 rings (SSSR count). The van der Waals surface area contributed by atoms with Crippen LogP contribution in [0.1, 0.15) is 22.8 Å². The van der Waals surface area contributed by atoms with Crippen molar-refractivity contribution in [3.05, 3.63) is 39.4 Å². The highest BCUT2D eigenvalue weighted by molar-refractivity contribution is 5.98. The van der Waals surface area contributed by atoms with Crippen molar-refractivity contribution in [1.82, 2.24) is 5.48 Å². The van der Waals surface area contributed by atoms with Gasteiger partial charge < -0.3 is 0 Å². The molecule has 1 aromatic rings. The zero-order valence-electron chi connectivity index (χ0n) is 9.02. The van der Waals surface area contributed by atoms with Crippen LogP contribution in [0.5, 0.6) is 0 Å². The van der Waals surface area contributed by atoms with Crippen molar-refractivity contribution in [1.29, 1.82) is 0 Å². The van der Waals surface area contributed by atoms with Crippen molar-refractivity contribution in [2.45, 2.75) is 13.8 Å². The minimum absolute atomic E-state index is 0.0287. The predicted octanol–water partition coefficient (Wildman–Crippen LogP) is 1.58. The molecule has 1 aromatic carbocycles. The molecule has 0 fully saturated rings. The van der Waals surface area contributed by atoms with Crippen LogP contribution in [0.4, 0.5) is 5.69 Å². The van der Waals surface area contributed by atoms with E-state index in [1.54, 1.807) is 19.9 Å². The van der Waals surface area contributed by atoms with Gasteiger partial charge in [-0.05, 0) is 19.4 Å². The molecule has 6 nitrogen and oxygen atoms in total. The smallest absolute Gasteiger partial charge is 0.274 e. The van der Waals surface area contributed by atoms with Gasteiger partial charge in [0.2, 0.25) is 0 Å². The molecule has 0 spiro atoms. The van der Waals surface area contributed by atoms with Crippen LogP contribution in [-0.2, 0) is 4.84 Å². The van der Waals surface area contributed by atoms with Crippen molar-refractivity contribution in [2.75, 3.05) is 6.61 Å². The number of carbonyl (C=O) groups is 1. The molecule has 0 atom stereocenters. The van der Waals surface area contributed by atoms with E-state index in [1.807, 2.05) is 0 Å². The monoisotopic (exact) mass is 224 g/mol. The number of nitro groups is 1. The van der Waals surface area contributed by atoms with Crippen molar-refractivity contribution in [2.24, 2.45) is 0 Å². The third kappa shape index (κ3) is 2.54. The van der Waals surface area contributed by atoms with E-state index < -0.39 is 10.8 Å². The maximum absolute atomic E-state index is 11.6. The van der Waals surface area contributed by atoms with Gasteiger partial charge in [-0.3, -0.25) is 19.7 Å². The third-order valence-corrected chi connectivity index (χ3v) is 1.98. The van der Waals surface area contributed by atoms with Crippen molar-refractivity contribution in [3.8, 4) is 0 Å². The molecule has 0 bridgehead atoms. The Kier molecular flexibility index (Phi) is 3.96. The summed E-state index contributed by atoms with van der Waals surface area (Å²) < 4.78 is 0. The van der Waals surface area contributed by atoms with E-state index in [1.165, 1.54) is 12.1 Å². The molecule has 0 aliphatic heterocycles. The van der Waals surface area contributed by atoms with Gasteiger partial charge in [0.25, 0.3) is 11.6 Å². The number of hydrogen-bond acceptors (Lipinski definition) is 4. The molecule has 86 valence electrons. The van der Waals surface area contributed by atoms with E-state index in [0.717, 1.165) is 0 Å². The van der Waals surface area contributed by atoms with Crippen molar-refractivity contribution < 1.29 is 14.6 Å². The van der Waals surface area contributed by atoms with Gasteiger partial charge in [-0.2, -0.15) is 0 Å². The Hall–Kier alpha value is -1.95. The summed E-state index contributed by atoms with van der Waals surface area (Å²) in [6, 6.07) is 4.45. The molecule has 0 aliphatic carbocycles. The zero-order chi connectivity index (χ0) is 12.1. The SMILES string of the molecule is CCONC(=O)c1c(C)cccc1[N+](=O)[O-]. The Labute approximate surface area is 92.3 Å². The molecule has 1 N–H and O–H groups in total. The van der Waals surface area contributed by atoms with E-state index >= 15 is 0 Å². The number of benzene rings is 1. The van der Waals surface area contributed by atoms with Gasteiger partial charge >= 0.3 is 0 Å². The van der Waals surface area contributed by atoms with Gasteiger partial charge in [-0.15, -0.1) is 0 Å². The maximum atomic E-state index is 11.6. The number of rotatable bonds is 4. The molecule has 0 unspecified atom stereocenters. The first kappa shape index (κ1) is 12.1. The largest absolute Gasteiger partial charge is 0.282 e. The summed E-state index contributed by atoms with van der Waals surface area (Å²) in [5, 5.41) is 10.7. The Balaban J connectivity index is 3.10. The highest BCUT2D eigenvalue weighted by atomic mass is 16.7. The molecule has 0 saturated heterocycles. The topological polar surface area (TPSA) is 81.5 Å². The quantitative estimate of drug-likeness (QED) is 0.621. The summed E-state index contributed by atoms with van der Waals surface area (Å²) in [7, 11) is 0.